The molecule has 1 aliphatic heterocycles. The van der Waals surface area contributed by atoms with Crippen LogP contribution in [0.5, 0.6) is 0 Å². The van der Waals surface area contributed by atoms with Crippen LogP contribution in [0.1, 0.15) is 46.7 Å². The number of hydrogen-bond acceptors (Lipinski definition) is 5. The molecule has 0 amide bonds. The first-order chi connectivity index (χ1) is 9.16. The lowest BCUT2D eigenvalue weighted by atomic mass is 10.1. The lowest BCUT2D eigenvalue weighted by molar-refractivity contribution is 0.0694. The lowest BCUT2D eigenvalue weighted by Gasteiger charge is -2.31. The summed E-state index contributed by atoms with van der Waals surface area (Å²) in [6.07, 6.45) is 3.59. The van der Waals surface area contributed by atoms with Gasteiger partial charge in [-0.2, -0.15) is 11.8 Å². The van der Waals surface area contributed by atoms with Crippen molar-refractivity contribution in [1.82, 2.24) is 14.9 Å². The molecule has 2 heterocycles. The molecule has 3 rings (SSSR count). The zero-order valence-corrected chi connectivity index (χ0v) is 11.7. The number of thioether (sulfide) groups is 1. The number of rotatable bonds is 3. The molecule has 0 bridgehead atoms. The second-order valence-electron chi connectivity index (χ2n) is 5.18. The van der Waals surface area contributed by atoms with E-state index in [1.165, 1.54) is 6.20 Å². The van der Waals surface area contributed by atoms with Gasteiger partial charge in [0.1, 0.15) is 5.82 Å². The van der Waals surface area contributed by atoms with Gasteiger partial charge in [-0.25, -0.2) is 14.8 Å². The molecule has 0 aromatic carbocycles. The Kier molecular flexibility index (Phi) is 3.45. The van der Waals surface area contributed by atoms with Crippen LogP contribution in [0.25, 0.3) is 0 Å². The van der Waals surface area contributed by atoms with Gasteiger partial charge >= 0.3 is 5.97 Å². The summed E-state index contributed by atoms with van der Waals surface area (Å²) in [4.78, 5) is 22.3. The first kappa shape index (κ1) is 12.9. The van der Waals surface area contributed by atoms with Crippen LogP contribution in [-0.2, 0) is 0 Å². The van der Waals surface area contributed by atoms with Gasteiger partial charge in [-0.3, -0.25) is 4.90 Å². The molecular formula is C13H17N3O2S. The highest BCUT2D eigenvalue weighted by Crippen LogP contribution is 2.41. The maximum absolute atomic E-state index is 11.2. The first-order valence-electron chi connectivity index (χ1n) is 6.55. The Balaban J connectivity index is 1.94. The Hall–Kier alpha value is -1.14. The lowest BCUT2D eigenvalue weighted by Crippen LogP contribution is -2.34. The van der Waals surface area contributed by atoms with E-state index in [2.05, 4.69) is 21.9 Å². The Morgan fingerprint density at radius 2 is 2.32 bits per heavy atom. The minimum atomic E-state index is -0.917. The molecule has 1 aliphatic carbocycles. The summed E-state index contributed by atoms with van der Waals surface area (Å²) in [5, 5.41) is 9.20. The van der Waals surface area contributed by atoms with E-state index in [0.29, 0.717) is 5.92 Å². The van der Waals surface area contributed by atoms with Gasteiger partial charge in [0.15, 0.2) is 0 Å². The van der Waals surface area contributed by atoms with Crippen molar-refractivity contribution >= 4 is 17.7 Å². The fourth-order valence-electron chi connectivity index (χ4n) is 2.36. The molecule has 1 N–H and O–H groups in total. The molecule has 1 aromatic heterocycles. The van der Waals surface area contributed by atoms with Crippen LogP contribution >= 0.6 is 11.8 Å². The minimum Gasteiger partial charge on any atom is -0.478 e. The van der Waals surface area contributed by atoms with E-state index in [1.54, 1.807) is 0 Å². The van der Waals surface area contributed by atoms with Gasteiger partial charge in [-0.15, -0.1) is 0 Å². The molecule has 19 heavy (non-hydrogen) atoms. The summed E-state index contributed by atoms with van der Waals surface area (Å²) in [5.74, 6) is 2.30. The molecular weight excluding hydrogens is 262 g/mol. The van der Waals surface area contributed by atoms with Gasteiger partial charge < -0.3 is 5.11 Å². The van der Waals surface area contributed by atoms with Gasteiger partial charge in [-0.1, -0.05) is 0 Å². The van der Waals surface area contributed by atoms with Crippen molar-refractivity contribution in [1.29, 1.82) is 0 Å². The third-order valence-corrected chi connectivity index (χ3v) is 4.75. The molecule has 1 aromatic rings. The highest BCUT2D eigenvalue weighted by molar-refractivity contribution is 7.99. The standard InChI is InChI=1S/C13H17N3O2S/c1-16-4-5-19-7-10(16)12-14-6-9(13(17)18)11(15-12)8-2-3-8/h6,8,10H,2-5,7H2,1H3,(H,17,18). The van der Waals surface area contributed by atoms with E-state index in [0.717, 1.165) is 42.4 Å². The summed E-state index contributed by atoms with van der Waals surface area (Å²) in [5.41, 5.74) is 1.01. The fourth-order valence-corrected chi connectivity index (χ4v) is 3.57. The second-order valence-corrected chi connectivity index (χ2v) is 6.33. The number of carboxylic acid groups (broad SMARTS) is 1. The van der Waals surface area contributed by atoms with Crippen LogP contribution in [-0.4, -0.2) is 51.0 Å². The summed E-state index contributed by atoms with van der Waals surface area (Å²) < 4.78 is 0. The Bertz CT molecular complexity index is 505. The zero-order valence-electron chi connectivity index (χ0n) is 10.9. The normalized spacial score (nSPS) is 24.4. The number of carboxylic acids is 1. The van der Waals surface area contributed by atoms with Crippen molar-refractivity contribution in [2.45, 2.75) is 24.8 Å². The summed E-state index contributed by atoms with van der Waals surface area (Å²) in [6.45, 7) is 1.03. The maximum atomic E-state index is 11.2. The Labute approximate surface area is 116 Å². The van der Waals surface area contributed by atoms with Crippen LogP contribution in [0.2, 0.25) is 0 Å². The predicted octanol–water partition coefficient (Wildman–Crippen LogP) is 1.77. The number of nitrogens with zero attached hydrogens (tertiary/aromatic N) is 3. The molecule has 1 saturated carbocycles. The first-order valence-corrected chi connectivity index (χ1v) is 7.70. The third-order valence-electron chi connectivity index (χ3n) is 3.73. The van der Waals surface area contributed by atoms with Crippen LogP contribution < -0.4 is 0 Å². The number of aromatic carboxylic acids is 1. The van der Waals surface area contributed by atoms with E-state index < -0.39 is 5.97 Å². The smallest absolute Gasteiger partial charge is 0.339 e. The number of aromatic nitrogens is 2. The largest absolute Gasteiger partial charge is 0.478 e. The van der Waals surface area contributed by atoms with Crippen LogP contribution in [0.4, 0.5) is 0 Å². The fraction of sp³-hybridized carbons (Fsp3) is 0.615. The molecule has 2 aliphatic rings. The molecule has 6 heteroatoms. The summed E-state index contributed by atoms with van der Waals surface area (Å²) >= 11 is 1.90. The van der Waals surface area contributed by atoms with Crippen molar-refractivity contribution in [3.05, 3.63) is 23.3 Å². The van der Waals surface area contributed by atoms with Crippen LogP contribution in [0.3, 0.4) is 0 Å². The minimum absolute atomic E-state index is 0.207. The topological polar surface area (TPSA) is 66.3 Å². The van der Waals surface area contributed by atoms with E-state index in [9.17, 15) is 9.90 Å². The SMILES string of the molecule is CN1CCSCC1c1ncc(C(=O)O)c(C2CC2)n1. The van der Waals surface area contributed by atoms with Gasteiger partial charge in [0.05, 0.1) is 17.3 Å². The Morgan fingerprint density at radius 3 is 2.95 bits per heavy atom. The van der Waals surface area contributed by atoms with E-state index in [4.69, 9.17) is 0 Å². The molecule has 2 fully saturated rings. The van der Waals surface area contributed by atoms with E-state index in [-0.39, 0.29) is 11.6 Å². The van der Waals surface area contributed by atoms with Crippen LogP contribution in [0, 0.1) is 0 Å². The van der Waals surface area contributed by atoms with Gasteiger partial charge in [-0.05, 0) is 19.9 Å². The molecule has 1 saturated heterocycles. The average molecular weight is 279 g/mol. The second kappa shape index (κ2) is 5.09. The average Bonchev–Trinajstić information content (AvgIpc) is 3.23. The number of hydrogen-bond donors (Lipinski definition) is 1. The van der Waals surface area contributed by atoms with Gasteiger partial charge in [0.2, 0.25) is 0 Å². The van der Waals surface area contributed by atoms with Gasteiger partial charge in [0.25, 0.3) is 0 Å². The predicted molar refractivity (Wildman–Crippen MR) is 73.7 cm³/mol. The molecule has 1 unspecified atom stereocenters. The van der Waals surface area contributed by atoms with Crippen LogP contribution in [0.15, 0.2) is 6.20 Å². The highest BCUT2D eigenvalue weighted by Gasteiger charge is 2.32. The van der Waals surface area contributed by atoms with Crippen molar-refractivity contribution < 1.29 is 9.90 Å². The van der Waals surface area contributed by atoms with Crippen molar-refractivity contribution in [2.24, 2.45) is 0 Å². The summed E-state index contributed by atoms with van der Waals surface area (Å²) in [7, 11) is 2.08. The van der Waals surface area contributed by atoms with E-state index >= 15 is 0 Å². The number of carbonyl (C=O) groups is 1. The molecule has 0 spiro atoms. The molecule has 1 atom stereocenters. The van der Waals surface area contributed by atoms with Crippen molar-refractivity contribution in [3.63, 3.8) is 0 Å². The highest BCUT2D eigenvalue weighted by atomic mass is 32.2. The summed E-state index contributed by atoms with van der Waals surface area (Å²) in [6, 6.07) is 0.207. The third kappa shape index (κ3) is 2.60. The van der Waals surface area contributed by atoms with E-state index in [1.807, 2.05) is 11.8 Å². The maximum Gasteiger partial charge on any atom is 0.339 e. The molecule has 102 valence electrons. The molecule has 0 radical (unpaired) electrons. The van der Waals surface area contributed by atoms with Crippen molar-refractivity contribution in [2.75, 3.05) is 25.1 Å². The van der Waals surface area contributed by atoms with Gasteiger partial charge in [0, 0.05) is 30.2 Å². The quantitative estimate of drug-likeness (QED) is 0.909. The zero-order chi connectivity index (χ0) is 13.4. The van der Waals surface area contributed by atoms with Crippen molar-refractivity contribution in [3.8, 4) is 0 Å². The monoisotopic (exact) mass is 279 g/mol. The molecule has 5 nitrogen and oxygen atoms in total. The Morgan fingerprint density at radius 1 is 1.53 bits per heavy atom.